The topological polar surface area (TPSA) is 178 Å². The molecule has 130 valence electrons. The second-order valence-electron chi connectivity index (χ2n) is 5.35. The highest BCUT2D eigenvalue weighted by Gasteiger charge is 2.37. The monoisotopic (exact) mass is 340 g/mol. The molecule has 1 aliphatic rings. The fourth-order valence-electron chi connectivity index (χ4n) is 2.71. The van der Waals surface area contributed by atoms with Crippen molar-refractivity contribution in [3.05, 3.63) is 16.7 Å². The van der Waals surface area contributed by atoms with Crippen molar-refractivity contribution in [2.24, 2.45) is 0 Å². The largest absolute Gasteiger partial charge is 0.394 e. The summed E-state index contributed by atoms with van der Waals surface area (Å²) < 4.78 is 7.55. The Bertz CT molecular complexity index is 831. The highest BCUT2D eigenvalue weighted by atomic mass is 16.5. The molecule has 12 nitrogen and oxygen atoms in total. The predicted molar refractivity (Wildman–Crippen MR) is 77.7 cm³/mol. The van der Waals surface area contributed by atoms with Crippen LogP contribution >= 0.6 is 0 Å². The highest BCUT2D eigenvalue weighted by Crippen LogP contribution is 2.30. The predicted octanol–water partition coefficient (Wildman–Crippen LogP) is -2.68. The number of ether oxygens (including phenoxy) is 1. The number of carbonyl (C=O) groups excluding carboxylic acids is 1. The van der Waals surface area contributed by atoms with Crippen molar-refractivity contribution in [3.63, 3.8) is 0 Å². The number of carbonyl (C=O) groups is 1. The number of aliphatic hydroxyl groups excluding tert-OH is 2. The molecule has 0 saturated carbocycles. The first kappa shape index (κ1) is 16.3. The van der Waals surface area contributed by atoms with Crippen LogP contribution in [-0.2, 0) is 16.1 Å². The Kier molecular flexibility index (Phi) is 4.19. The third-order valence-corrected chi connectivity index (χ3v) is 3.77. The number of nitrogens with two attached hydrogens (primary N) is 1. The molecule has 2 aromatic heterocycles. The number of nitrogens with one attached hydrogen (secondary N) is 1. The maximum absolute atomic E-state index is 12.7. The Balaban J connectivity index is 2.17. The van der Waals surface area contributed by atoms with E-state index in [-0.39, 0.29) is 30.1 Å². The molecule has 1 fully saturated rings. The lowest BCUT2D eigenvalue weighted by molar-refractivity contribution is -0.129. The molecule has 0 unspecified atom stereocenters. The zero-order valence-electron chi connectivity index (χ0n) is 12.4. The second kappa shape index (κ2) is 6.16. The van der Waals surface area contributed by atoms with Crippen LogP contribution in [0.4, 0.5) is 5.95 Å². The van der Waals surface area contributed by atoms with E-state index in [4.69, 9.17) is 15.7 Å². The van der Waals surface area contributed by atoms with Gasteiger partial charge in [-0.2, -0.15) is 4.98 Å². The van der Waals surface area contributed by atoms with E-state index in [9.17, 15) is 19.8 Å². The zero-order valence-corrected chi connectivity index (χ0v) is 12.4. The number of nitrogen functional groups attached to an aromatic ring is 1. The molecule has 1 amide bonds. The summed E-state index contributed by atoms with van der Waals surface area (Å²) >= 11 is 0. The second-order valence-corrected chi connectivity index (χ2v) is 5.35. The summed E-state index contributed by atoms with van der Waals surface area (Å²) in [5.74, 6) is -0.930. The SMILES string of the molecule is Nc1ncc2c(n1)n([C@@H]1O[C@H](CO)C[C@H]1O)c(=O)n2CC(=O)NO. The van der Waals surface area contributed by atoms with Gasteiger partial charge in [0.15, 0.2) is 11.9 Å². The molecule has 3 atom stereocenters. The minimum atomic E-state index is -1.09. The van der Waals surface area contributed by atoms with Gasteiger partial charge in [0.05, 0.1) is 18.9 Å². The molecule has 1 saturated heterocycles. The Hall–Kier alpha value is -2.54. The van der Waals surface area contributed by atoms with Crippen LogP contribution in [0.15, 0.2) is 11.0 Å². The lowest BCUT2D eigenvalue weighted by Gasteiger charge is -2.15. The zero-order chi connectivity index (χ0) is 17.4. The van der Waals surface area contributed by atoms with E-state index in [2.05, 4.69) is 9.97 Å². The van der Waals surface area contributed by atoms with Crippen molar-refractivity contribution in [3.8, 4) is 0 Å². The Labute approximate surface area is 134 Å². The number of hydrogen-bond donors (Lipinski definition) is 5. The van der Waals surface area contributed by atoms with Crippen LogP contribution in [-0.4, -0.2) is 59.2 Å². The number of fused-ring (bicyclic) bond motifs is 1. The van der Waals surface area contributed by atoms with Crippen LogP contribution in [0.5, 0.6) is 0 Å². The number of rotatable bonds is 4. The van der Waals surface area contributed by atoms with Crippen molar-refractivity contribution < 1.29 is 25.0 Å². The lowest BCUT2D eigenvalue weighted by atomic mass is 10.2. The molecule has 0 spiro atoms. The van der Waals surface area contributed by atoms with Gasteiger partial charge < -0.3 is 20.7 Å². The number of imidazole rings is 1. The van der Waals surface area contributed by atoms with E-state index in [0.29, 0.717) is 0 Å². The van der Waals surface area contributed by atoms with Crippen LogP contribution in [0.1, 0.15) is 12.6 Å². The number of hydrogen-bond acceptors (Lipinski definition) is 9. The Morgan fingerprint density at radius 3 is 2.92 bits per heavy atom. The van der Waals surface area contributed by atoms with E-state index in [1.54, 1.807) is 0 Å². The quantitative estimate of drug-likeness (QED) is 0.293. The maximum atomic E-state index is 12.7. The maximum Gasteiger partial charge on any atom is 0.333 e. The number of anilines is 1. The molecule has 0 bridgehead atoms. The molecule has 3 rings (SSSR count). The van der Waals surface area contributed by atoms with E-state index in [1.807, 2.05) is 0 Å². The van der Waals surface area contributed by atoms with E-state index in [1.165, 1.54) is 11.7 Å². The van der Waals surface area contributed by atoms with Gasteiger partial charge in [-0.25, -0.2) is 19.8 Å². The first-order valence-corrected chi connectivity index (χ1v) is 7.06. The van der Waals surface area contributed by atoms with Gasteiger partial charge >= 0.3 is 5.69 Å². The van der Waals surface area contributed by atoms with E-state index in [0.717, 1.165) is 9.13 Å². The van der Waals surface area contributed by atoms with Crippen molar-refractivity contribution in [1.29, 1.82) is 0 Å². The standard InChI is InChI=1S/C12H16N6O6/c13-11-14-2-6-9(15-11)18(10-7(20)1-5(4-19)24-10)12(22)17(6)3-8(21)16-23/h2,5,7,10,19-20,23H,1,3-4H2,(H,16,21)(H2,13,14,15)/t5-,7+,10+/m0/s1. The summed E-state index contributed by atoms with van der Waals surface area (Å²) in [6, 6.07) is 0. The molecule has 0 aliphatic carbocycles. The summed E-state index contributed by atoms with van der Waals surface area (Å²) in [7, 11) is 0. The van der Waals surface area contributed by atoms with E-state index < -0.39 is 36.6 Å². The first-order chi connectivity index (χ1) is 11.5. The van der Waals surface area contributed by atoms with Crippen molar-refractivity contribution >= 4 is 23.0 Å². The molecular weight excluding hydrogens is 324 g/mol. The molecule has 24 heavy (non-hydrogen) atoms. The van der Waals surface area contributed by atoms with E-state index >= 15 is 0 Å². The van der Waals surface area contributed by atoms with Crippen molar-refractivity contribution in [2.45, 2.75) is 31.4 Å². The van der Waals surface area contributed by atoms with Gasteiger partial charge in [-0.1, -0.05) is 0 Å². The van der Waals surface area contributed by atoms with Crippen molar-refractivity contribution in [2.75, 3.05) is 12.3 Å². The fraction of sp³-hybridized carbons (Fsp3) is 0.500. The summed E-state index contributed by atoms with van der Waals surface area (Å²) in [5, 5.41) is 28.0. The molecule has 1 aliphatic heterocycles. The number of aliphatic hydroxyl groups is 2. The fourth-order valence-corrected chi connectivity index (χ4v) is 2.71. The minimum Gasteiger partial charge on any atom is -0.394 e. The van der Waals surface area contributed by atoms with Crippen LogP contribution in [0.25, 0.3) is 11.2 Å². The molecule has 12 heteroatoms. The molecule has 0 radical (unpaired) electrons. The van der Waals surface area contributed by atoms with Crippen LogP contribution in [0.2, 0.25) is 0 Å². The third-order valence-electron chi connectivity index (χ3n) is 3.77. The summed E-state index contributed by atoms with van der Waals surface area (Å²) in [6.45, 7) is -0.802. The van der Waals surface area contributed by atoms with Gasteiger partial charge in [-0.05, 0) is 0 Å². The van der Waals surface area contributed by atoms with Gasteiger partial charge in [0, 0.05) is 6.42 Å². The molecule has 2 aromatic rings. The van der Waals surface area contributed by atoms with Gasteiger partial charge in [-0.15, -0.1) is 0 Å². The van der Waals surface area contributed by atoms with Crippen LogP contribution in [0.3, 0.4) is 0 Å². The van der Waals surface area contributed by atoms with Gasteiger partial charge in [0.25, 0.3) is 5.91 Å². The normalized spacial score (nSPS) is 23.7. The average Bonchev–Trinajstić information content (AvgIpc) is 3.05. The lowest BCUT2D eigenvalue weighted by Crippen LogP contribution is -2.35. The van der Waals surface area contributed by atoms with Crippen LogP contribution in [0, 0.1) is 0 Å². The summed E-state index contributed by atoms with van der Waals surface area (Å²) in [5.41, 5.74) is 6.54. The first-order valence-electron chi connectivity index (χ1n) is 7.06. The average molecular weight is 340 g/mol. The molecule has 6 N–H and O–H groups in total. The Morgan fingerprint density at radius 2 is 2.29 bits per heavy atom. The van der Waals surface area contributed by atoms with Gasteiger partial charge in [-0.3, -0.25) is 14.6 Å². The highest BCUT2D eigenvalue weighted by molar-refractivity contribution is 5.78. The minimum absolute atomic E-state index is 0.0703. The Morgan fingerprint density at radius 1 is 1.54 bits per heavy atom. The number of aromatic nitrogens is 4. The van der Waals surface area contributed by atoms with Gasteiger partial charge in [0.2, 0.25) is 5.95 Å². The number of amides is 1. The summed E-state index contributed by atoms with van der Waals surface area (Å²) in [4.78, 5) is 31.9. The smallest absolute Gasteiger partial charge is 0.333 e. The molecular formula is C12H16N6O6. The molecule has 3 heterocycles. The van der Waals surface area contributed by atoms with Crippen LogP contribution < -0.4 is 16.9 Å². The third kappa shape index (κ3) is 2.60. The summed E-state index contributed by atoms with van der Waals surface area (Å²) in [6.07, 6.45) is -1.38. The number of nitrogens with zero attached hydrogens (tertiary/aromatic N) is 4. The van der Waals surface area contributed by atoms with Gasteiger partial charge in [0.1, 0.15) is 18.2 Å². The number of hydroxylamine groups is 1. The van der Waals surface area contributed by atoms with Crippen molar-refractivity contribution in [1.82, 2.24) is 24.6 Å². The molecule has 0 aromatic carbocycles.